The number of rotatable bonds is 8. The van der Waals surface area contributed by atoms with Gasteiger partial charge in [-0.2, -0.15) is 4.98 Å². The number of amides is 1. The van der Waals surface area contributed by atoms with Crippen molar-refractivity contribution in [2.45, 2.75) is 33.4 Å². The van der Waals surface area contributed by atoms with Gasteiger partial charge in [-0.3, -0.25) is 4.79 Å². The average Bonchev–Trinajstić information content (AvgIpc) is 3.24. The summed E-state index contributed by atoms with van der Waals surface area (Å²) < 4.78 is 21.5. The lowest BCUT2D eigenvalue weighted by Gasteiger charge is -2.26. The number of aromatic nitrogens is 2. The molecule has 31 heavy (non-hydrogen) atoms. The van der Waals surface area contributed by atoms with Crippen LogP contribution in [0.15, 0.2) is 40.9 Å². The molecule has 0 bridgehead atoms. The molecule has 3 rings (SSSR count). The van der Waals surface area contributed by atoms with Gasteiger partial charge in [0, 0.05) is 17.2 Å². The zero-order valence-corrected chi connectivity index (χ0v) is 18.6. The predicted molar refractivity (Wildman–Crippen MR) is 116 cm³/mol. The van der Waals surface area contributed by atoms with Crippen LogP contribution in [-0.4, -0.2) is 48.3 Å². The third-order valence-corrected chi connectivity index (χ3v) is 4.88. The summed E-state index contributed by atoms with van der Waals surface area (Å²) in [5.41, 5.74) is 2.41. The van der Waals surface area contributed by atoms with E-state index in [1.54, 1.807) is 17.0 Å². The van der Waals surface area contributed by atoms with E-state index in [1.165, 1.54) is 21.3 Å². The van der Waals surface area contributed by atoms with Gasteiger partial charge in [0.15, 0.2) is 11.5 Å². The first-order valence-corrected chi connectivity index (χ1v) is 9.88. The van der Waals surface area contributed by atoms with Crippen molar-refractivity contribution in [2.75, 3.05) is 21.3 Å². The number of ether oxygens (including phenoxy) is 3. The lowest BCUT2D eigenvalue weighted by Crippen LogP contribution is -2.36. The molecule has 164 valence electrons. The van der Waals surface area contributed by atoms with Gasteiger partial charge in [-0.1, -0.05) is 35.0 Å². The Hall–Kier alpha value is -3.55. The van der Waals surface area contributed by atoms with Crippen molar-refractivity contribution in [3.05, 3.63) is 53.4 Å². The van der Waals surface area contributed by atoms with E-state index in [9.17, 15) is 4.79 Å². The number of methoxy groups -OCH3 is 3. The first-order chi connectivity index (χ1) is 14.9. The van der Waals surface area contributed by atoms with Crippen molar-refractivity contribution in [3.63, 3.8) is 0 Å². The summed E-state index contributed by atoms with van der Waals surface area (Å²) in [4.78, 5) is 19.4. The first-order valence-electron chi connectivity index (χ1n) is 9.88. The summed E-state index contributed by atoms with van der Waals surface area (Å²) in [5, 5.41) is 4.06. The minimum Gasteiger partial charge on any atom is -0.493 e. The molecule has 0 saturated carbocycles. The van der Waals surface area contributed by atoms with E-state index < -0.39 is 0 Å². The summed E-state index contributed by atoms with van der Waals surface area (Å²) in [5.74, 6) is 1.87. The van der Waals surface area contributed by atoms with Crippen LogP contribution < -0.4 is 14.2 Å². The van der Waals surface area contributed by atoms with Crippen LogP contribution in [0.4, 0.5) is 0 Å². The second kappa shape index (κ2) is 9.51. The van der Waals surface area contributed by atoms with Crippen LogP contribution in [0.3, 0.4) is 0 Å². The normalized spacial score (nSPS) is 10.8. The van der Waals surface area contributed by atoms with Gasteiger partial charge in [0.25, 0.3) is 5.91 Å². The minimum absolute atomic E-state index is 0.110. The zero-order chi connectivity index (χ0) is 22.5. The molecule has 8 nitrogen and oxygen atoms in total. The maximum absolute atomic E-state index is 13.3. The maximum Gasteiger partial charge on any atom is 0.254 e. The fourth-order valence-corrected chi connectivity index (χ4v) is 3.14. The van der Waals surface area contributed by atoms with Crippen LogP contribution in [-0.2, 0) is 6.54 Å². The molecule has 0 unspecified atom stereocenters. The molecule has 0 saturated heterocycles. The van der Waals surface area contributed by atoms with Crippen molar-refractivity contribution in [1.29, 1.82) is 0 Å². The molecule has 8 heteroatoms. The molecule has 1 aromatic heterocycles. The van der Waals surface area contributed by atoms with Crippen LogP contribution in [0.1, 0.15) is 35.7 Å². The van der Waals surface area contributed by atoms with Crippen LogP contribution >= 0.6 is 0 Å². The van der Waals surface area contributed by atoms with E-state index in [1.807, 2.05) is 45.0 Å². The highest BCUT2D eigenvalue weighted by Gasteiger charge is 2.25. The second-order valence-electron chi connectivity index (χ2n) is 7.32. The lowest BCUT2D eigenvalue weighted by molar-refractivity contribution is 0.0666. The van der Waals surface area contributed by atoms with E-state index in [0.717, 1.165) is 11.1 Å². The Morgan fingerprint density at radius 2 is 1.65 bits per heavy atom. The number of nitrogens with zero attached hydrogens (tertiary/aromatic N) is 3. The molecular formula is C23H27N3O5. The lowest BCUT2D eigenvalue weighted by atomic mass is 10.1. The number of benzene rings is 2. The molecule has 1 heterocycles. The Labute approximate surface area is 181 Å². The third kappa shape index (κ3) is 4.79. The molecule has 0 radical (unpaired) electrons. The first kappa shape index (κ1) is 22.1. The highest BCUT2D eigenvalue weighted by atomic mass is 16.5. The molecule has 0 aliphatic rings. The van der Waals surface area contributed by atoms with Gasteiger partial charge < -0.3 is 23.6 Å². The molecule has 1 amide bonds. The summed E-state index contributed by atoms with van der Waals surface area (Å²) in [7, 11) is 4.54. The van der Waals surface area contributed by atoms with E-state index in [4.69, 9.17) is 18.7 Å². The molecule has 0 atom stereocenters. The van der Waals surface area contributed by atoms with Gasteiger partial charge in [-0.25, -0.2) is 0 Å². The van der Waals surface area contributed by atoms with Gasteiger partial charge in [0.05, 0.1) is 21.3 Å². The topological polar surface area (TPSA) is 86.9 Å². The summed E-state index contributed by atoms with van der Waals surface area (Å²) in [6.45, 7) is 6.03. The van der Waals surface area contributed by atoms with E-state index >= 15 is 0 Å². The number of carbonyl (C=O) groups excluding carboxylic acids is 1. The van der Waals surface area contributed by atoms with Crippen molar-refractivity contribution in [1.82, 2.24) is 15.0 Å². The zero-order valence-electron chi connectivity index (χ0n) is 18.6. The molecule has 0 fully saturated rings. The second-order valence-corrected chi connectivity index (χ2v) is 7.32. The SMILES string of the molecule is COc1cc(C(=O)N(Cc2nc(-c3ccc(C)cc3)no2)C(C)C)cc(OC)c1OC. The van der Waals surface area contributed by atoms with Crippen LogP contribution in [0.25, 0.3) is 11.4 Å². The number of carbonyl (C=O) groups is 1. The van der Waals surface area contributed by atoms with Crippen molar-refractivity contribution in [3.8, 4) is 28.6 Å². The number of hydrogen-bond acceptors (Lipinski definition) is 7. The Kier molecular flexibility index (Phi) is 6.79. The van der Waals surface area contributed by atoms with E-state index in [-0.39, 0.29) is 18.5 Å². The van der Waals surface area contributed by atoms with E-state index in [2.05, 4.69) is 10.1 Å². The Morgan fingerprint density at radius 1 is 1.03 bits per heavy atom. The largest absolute Gasteiger partial charge is 0.493 e. The summed E-state index contributed by atoms with van der Waals surface area (Å²) >= 11 is 0. The fraction of sp³-hybridized carbons (Fsp3) is 0.348. The molecule has 0 aliphatic heterocycles. The smallest absolute Gasteiger partial charge is 0.254 e. The molecule has 2 aromatic carbocycles. The van der Waals surface area contributed by atoms with Gasteiger partial charge in [0.2, 0.25) is 17.5 Å². The molecule has 0 aliphatic carbocycles. The van der Waals surface area contributed by atoms with Gasteiger partial charge >= 0.3 is 0 Å². The van der Waals surface area contributed by atoms with Crippen LogP contribution in [0.2, 0.25) is 0 Å². The number of hydrogen-bond donors (Lipinski definition) is 0. The quantitative estimate of drug-likeness (QED) is 0.536. The minimum atomic E-state index is -0.218. The van der Waals surface area contributed by atoms with Crippen LogP contribution in [0.5, 0.6) is 17.2 Å². The van der Waals surface area contributed by atoms with Crippen LogP contribution in [0, 0.1) is 6.92 Å². The summed E-state index contributed by atoms with van der Waals surface area (Å²) in [6.07, 6.45) is 0. The van der Waals surface area contributed by atoms with Crippen molar-refractivity contribution < 1.29 is 23.5 Å². The molecular weight excluding hydrogens is 398 g/mol. The Bertz CT molecular complexity index is 1020. The standard InChI is InChI=1S/C23H27N3O5/c1-14(2)26(13-20-24-22(25-31-20)16-9-7-15(3)8-10-16)23(27)17-11-18(28-4)21(30-6)19(12-17)29-5/h7-12,14H,13H2,1-6H3. The molecule has 0 spiro atoms. The summed E-state index contributed by atoms with van der Waals surface area (Å²) in [6, 6.07) is 11.0. The molecule has 3 aromatic rings. The monoisotopic (exact) mass is 425 g/mol. The van der Waals surface area contributed by atoms with E-state index in [0.29, 0.717) is 34.5 Å². The Balaban J connectivity index is 1.88. The predicted octanol–water partition coefficient (Wildman–Crippen LogP) is 4.12. The number of aryl methyl sites for hydroxylation is 1. The van der Waals surface area contributed by atoms with Gasteiger partial charge in [-0.05, 0) is 32.9 Å². The fourth-order valence-electron chi connectivity index (χ4n) is 3.14. The maximum atomic E-state index is 13.3. The highest BCUT2D eigenvalue weighted by molar-refractivity contribution is 5.95. The van der Waals surface area contributed by atoms with Gasteiger partial charge in [0.1, 0.15) is 6.54 Å². The Morgan fingerprint density at radius 3 is 2.16 bits per heavy atom. The highest BCUT2D eigenvalue weighted by Crippen LogP contribution is 2.38. The van der Waals surface area contributed by atoms with Gasteiger partial charge in [-0.15, -0.1) is 0 Å². The van der Waals surface area contributed by atoms with Crippen molar-refractivity contribution in [2.24, 2.45) is 0 Å². The molecule has 0 N–H and O–H groups in total. The third-order valence-electron chi connectivity index (χ3n) is 4.88. The average molecular weight is 425 g/mol. The van der Waals surface area contributed by atoms with Crippen molar-refractivity contribution >= 4 is 5.91 Å².